The predicted molar refractivity (Wildman–Crippen MR) is 113 cm³/mol. The molecule has 0 N–H and O–H groups in total. The standard InChI is InChI=1S/C22H27N3O5/c1-22(2,3)21(26)30-24-14-12-23(13-15-24)18-10-7-11-19(25(27)28)20(18)29-16-17-8-5-4-6-9-17/h4-11H,12-16H2,1-3H3. The number of nitro groups is 1. The van der Waals surface area contributed by atoms with E-state index in [0.717, 1.165) is 5.56 Å². The molecule has 0 saturated carbocycles. The molecule has 0 spiro atoms. The van der Waals surface area contributed by atoms with Crippen LogP contribution in [0.5, 0.6) is 5.75 Å². The lowest BCUT2D eigenvalue weighted by Gasteiger charge is -2.36. The average molecular weight is 413 g/mol. The number of benzene rings is 2. The third-order valence-electron chi connectivity index (χ3n) is 4.80. The summed E-state index contributed by atoms with van der Waals surface area (Å²) in [4.78, 5) is 30.7. The predicted octanol–water partition coefficient (Wildman–Crippen LogP) is 3.80. The van der Waals surface area contributed by atoms with Crippen molar-refractivity contribution in [3.63, 3.8) is 0 Å². The molecule has 3 rings (SSSR count). The molecule has 0 aliphatic carbocycles. The van der Waals surface area contributed by atoms with E-state index in [9.17, 15) is 14.9 Å². The van der Waals surface area contributed by atoms with Gasteiger partial charge in [0.25, 0.3) is 0 Å². The Balaban J connectivity index is 1.73. The number of hydrogen-bond donors (Lipinski definition) is 0. The monoisotopic (exact) mass is 413 g/mol. The molecular formula is C22H27N3O5. The molecule has 1 fully saturated rings. The molecule has 0 atom stereocenters. The lowest BCUT2D eigenvalue weighted by atomic mass is 9.98. The van der Waals surface area contributed by atoms with Crippen LogP contribution in [-0.4, -0.2) is 42.1 Å². The lowest BCUT2D eigenvalue weighted by molar-refractivity contribution is -0.385. The van der Waals surface area contributed by atoms with Crippen molar-refractivity contribution in [3.05, 3.63) is 64.2 Å². The first-order chi connectivity index (χ1) is 14.3. The molecule has 0 bridgehead atoms. The molecule has 2 aromatic carbocycles. The van der Waals surface area contributed by atoms with Crippen LogP contribution in [0, 0.1) is 15.5 Å². The van der Waals surface area contributed by atoms with E-state index in [1.54, 1.807) is 11.1 Å². The van der Waals surface area contributed by atoms with Crippen LogP contribution >= 0.6 is 0 Å². The Bertz CT molecular complexity index is 887. The van der Waals surface area contributed by atoms with E-state index in [4.69, 9.17) is 9.57 Å². The Morgan fingerprint density at radius 2 is 1.70 bits per heavy atom. The van der Waals surface area contributed by atoms with Gasteiger partial charge >= 0.3 is 11.7 Å². The van der Waals surface area contributed by atoms with Gasteiger partial charge in [0.2, 0.25) is 5.75 Å². The number of carbonyl (C=O) groups excluding carboxylic acids is 1. The molecule has 8 nitrogen and oxygen atoms in total. The van der Waals surface area contributed by atoms with Crippen molar-refractivity contribution in [1.82, 2.24) is 5.06 Å². The first kappa shape index (κ1) is 21.6. The van der Waals surface area contributed by atoms with Crippen molar-refractivity contribution in [2.45, 2.75) is 27.4 Å². The second-order valence-corrected chi connectivity index (χ2v) is 8.20. The summed E-state index contributed by atoms with van der Waals surface area (Å²) >= 11 is 0. The number of piperazine rings is 1. The molecule has 0 radical (unpaired) electrons. The van der Waals surface area contributed by atoms with E-state index in [1.807, 2.05) is 62.1 Å². The Morgan fingerprint density at radius 1 is 1.03 bits per heavy atom. The van der Waals surface area contributed by atoms with Crippen LogP contribution < -0.4 is 9.64 Å². The zero-order valence-electron chi connectivity index (χ0n) is 17.5. The highest BCUT2D eigenvalue weighted by atomic mass is 16.7. The Hall–Kier alpha value is -3.13. The van der Waals surface area contributed by atoms with Gasteiger partial charge in [0.05, 0.1) is 29.1 Å². The highest BCUT2D eigenvalue weighted by Crippen LogP contribution is 2.38. The van der Waals surface area contributed by atoms with E-state index in [0.29, 0.717) is 31.9 Å². The van der Waals surface area contributed by atoms with Gasteiger partial charge < -0.3 is 14.5 Å². The maximum atomic E-state index is 12.1. The molecular weight excluding hydrogens is 386 g/mol. The third kappa shape index (κ3) is 5.27. The van der Waals surface area contributed by atoms with Gasteiger partial charge in [-0.1, -0.05) is 36.4 Å². The van der Waals surface area contributed by atoms with Gasteiger partial charge in [-0.25, -0.2) is 4.79 Å². The molecule has 0 unspecified atom stereocenters. The average Bonchev–Trinajstić information content (AvgIpc) is 2.72. The third-order valence-corrected chi connectivity index (χ3v) is 4.80. The number of para-hydroxylation sites is 1. The fraction of sp³-hybridized carbons (Fsp3) is 0.409. The van der Waals surface area contributed by atoms with E-state index >= 15 is 0 Å². The van der Waals surface area contributed by atoms with E-state index < -0.39 is 10.3 Å². The number of carbonyl (C=O) groups is 1. The Kier molecular flexibility index (Phi) is 6.56. The second-order valence-electron chi connectivity index (χ2n) is 8.20. The highest BCUT2D eigenvalue weighted by molar-refractivity contribution is 5.75. The fourth-order valence-electron chi connectivity index (χ4n) is 3.06. The highest BCUT2D eigenvalue weighted by Gasteiger charge is 2.30. The molecule has 1 saturated heterocycles. The van der Waals surface area contributed by atoms with Crippen molar-refractivity contribution in [2.75, 3.05) is 31.1 Å². The molecule has 160 valence electrons. The SMILES string of the molecule is CC(C)(C)C(=O)ON1CCN(c2cccc([N+](=O)[O-])c2OCc2ccccc2)CC1. The normalized spacial score (nSPS) is 15.0. The maximum Gasteiger partial charge on any atom is 0.330 e. The summed E-state index contributed by atoms with van der Waals surface area (Å²) in [5, 5.41) is 13.2. The Labute approximate surface area is 176 Å². The number of rotatable bonds is 6. The first-order valence-corrected chi connectivity index (χ1v) is 9.92. The van der Waals surface area contributed by atoms with Gasteiger partial charge in [0.1, 0.15) is 6.61 Å². The molecule has 0 aromatic heterocycles. The van der Waals surface area contributed by atoms with Crippen LogP contribution in [0.1, 0.15) is 26.3 Å². The largest absolute Gasteiger partial charge is 0.481 e. The van der Waals surface area contributed by atoms with E-state index in [-0.39, 0.29) is 24.0 Å². The van der Waals surface area contributed by atoms with Gasteiger partial charge in [0, 0.05) is 19.2 Å². The van der Waals surface area contributed by atoms with Gasteiger partial charge in [-0.3, -0.25) is 10.1 Å². The smallest absolute Gasteiger partial charge is 0.330 e. The molecule has 8 heteroatoms. The van der Waals surface area contributed by atoms with Crippen LogP contribution in [0.3, 0.4) is 0 Å². The zero-order valence-corrected chi connectivity index (χ0v) is 17.5. The lowest BCUT2D eigenvalue weighted by Crippen LogP contribution is -2.48. The summed E-state index contributed by atoms with van der Waals surface area (Å²) in [5.41, 5.74) is 0.961. The minimum Gasteiger partial charge on any atom is -0.481 e. The quantitative estimate of drug-likeness (QED) is 0.526. The molecule has 1 aliphatic heterocycles. The summed E-state index contributed by atoms with van der Waals surface area (Å²) in [5.74, 6) is -0.0235. The summed E-state index contributed by atoms with van der Waals surface area (Å²) in [6.45, 7) is 7.79. The fourth-order valence-corrected chi connectivity index (χ4v) is 3.06. The summed E-state index contributed by atoms with van der Waals surface area (Å²) in [7, 11) is 0. The van der Waals surface area contributed by atoms with Crippen molar-refractivity contribution >= 4 is 17.3 Å². The maximum absolute atomic E-state index is 12.1. The topological polar surface area (TPSA) is 85.2 Å². The van der Waals surface area contributed by atoms with E-state index in [2.05, 4.69) is 0 Å². The number of anilines is 1. The minimum absolute atomic E-state index is 0.0648. The molecule has 1 heterocycles. The van der Waals surface area contributed by atoms with E-state index in [1.165, 1.54) is 6.07 Å². The molecule has 2 aromatic rings. The van der Waals surface area contributed by atoms with Crippen molar-refractivity contribution in [2.24, 2.45) is 5.41 Å². The summed E-state index contributed by atoms with van der Waals surface area (Å²) < 4.78 is 5.92. The van der Waals surface area contributed by atoms with Crippen LogP contribution in [0.4, 0.5) is 11.4 Å². The van der Waals surface area contributed by atoms with Gasteiger partial charge in [-0.2, -0.15) is 0 Å². The van der Waals surface area contributed by atoms with Crippen LogP contribution in [-0.2, 0) is 16.2 Å². The summed E-state index contributed by atoms with van der Waals surface area (Å²) in [6, 6.07) is 14.5. The van der Waals surface area contributed by atoms with Crippen molar-refractivity contribution in [3.8, 4) is 5.75 Å². The summed E-state index contributed by atoms with van der Waals surface area (Å²) in [6.07, 6.45) is 0. The Morgan fingerprint density at radius 3 is 2.30 bits per heavy atom. The first-order valence-electron chi connectivity index (χ1n) is 9.92. The number of ether oxygens (including phenoxy) is 1. The minimum atomic E-state index is -0.574. The van der Waals surface area contributed by atoms with Gasteiger partial charge in [-0.15, -0.1) is 5.06 Å². The van der Waals surface area contributed by atoms with Crippen LogP contribution in [0.15, 0.2) is 48.5 Å². The van der Waals surface area contributed by atoms with Crippen LogP contribution in [0.2, 0.25) is 0 Å². The number of hydroxylamine groups is 2. The molecule has 1 aliphatic rings. The van der Waals surface area contributed by atoms with Gasteiger partial charge in [0.15, 0.2) is 0 Å². The second kappa shape index (κ2) is 9.13. The van der Waals surface area contributed by atoms with Gasteiger partial charge in [-0.05, 0) is 32.4 Å². The number of nitro benzene ring substituents is 1. The number of nitrogens with zero attached hydrogens (tertiary/aromatic N) is 3. The van der Waals surface area contributed by atoms with Crippen molar-refractivity contribution < 1.29 is 19.3 Å². The number of hydrogen-bond acceptors (Lipinski definition) is 7. The molecule has 30 heavy (non-hydrogen) atoms. The van der Waals surface area contributed by atoms with Crippen LogP contribution in [0.25, 0.3) is 0 Å². The zero-order chi connectivity index (χ0) is 21.7. The molecule has 0 amide bonds. The van der Waals surface area contributed by atoms with Crippen molar-refractivity contribution in [1.29, 1.82) is 0 Å².